The minimum absolute atomic E-state index is 0.0556. The van der Waals surface area contributed by atoms with Gasteiger partial charge in [-0.1, -0.05) is 24.3 Å². The molecule has 1 fully saturated rings. The number of nitrogens with one attached hydrogen (secondary N) is 1. The Kier molecular flexibility index (Phi) is 4.79. The van der Waals surface area contributed by atoms with Crippen molar-refractivity contribution in [3.8, 4) is 5.75 Å². The quantitative estimate of drug-likeness (QED) is 0.869. The van der Waals surface area contributed by atoms with Crippen molar-refractivity contribution in [3.63, 3.8) is 0 Å². The Morgan fingerprint density at radius 1 is 1.12 bits per heavy atom. The van der Waals surface area contributed by atoms with Gasteiger partial charge in [-0.05, 0) is 41.5 Å². The first-order valence-electron chi connectivity index (χ1n) is 7.75. The molecule has 0 aliphatic carbocycles. The van der Waals surface area contributed by atoms with Gasteiger partial charge < -0.3 is 15.0 Å². The monoisotopic (exact) mass is 340 g/mol. The lowest BCUT2D eigenvalue weighted by Gasteiger charge is -2.29. The number of nitrogens with zero attached hydrogens (tertiary/aromatic N) is 1. The molecule has 0 spiro atoms. The van der Waals surface area contributed by atoms with E-state index in [2.05, 4.69) is 5.32 Å². The highest BCUT2D eigenvalue weighted by Gasteiger charge is 2.29. The van der Waals surface area contributed by atoms with Gasteiger partial charge in [0, 0.05) is 0 Å². The van der Waals surface area contributed by atoms with E-state index in [0.29, 0.717) is 5.75 Å². The Hall–Kier alpha value is -3.15. The highest BCUT2D eigenvalue weighted by atomic mass is 19.1. The van der Waals surface area contributed by atoms with Crippen LogP contribution in [0.2, 0.25) is 0 Å². The lowest BCUT2D eigenvalue weighted by Crippen LogP contribution is -2.49. The van der Waals surface area contributed by atoms with Crippen LogP contribution in [0.4, 0.5) is 4.39 Å². The number of carbonyl (C=O) groups excluding carboxylic acids is 2. The molecule has 0 aromatic heterocycles. The third kappa shape index (κ3) is 3.85. The fraction of sp³-hybridized carbons (Fsp3) is 0.158. The van der Waals surface area contributed by atoms with Crippen molar-refractivity contribution < 1.29 is 18.7 Å². The fourth-order valence-electron chi connectivity index (χ4n) is 2.55. The number of benzene rings is 2. The summed E-state index contributed by atoms with van der Waals surface area (Å²) in [6.45, 7) is 0.147. The number of amides is 2. The van der Waals surface area contributed by atoms with Crippen molar-refractivity contribution in [2.75, 3.05) is 13.7 Å². The van der Waals surface area contributed by atoms with Crippen LogP contribution in [-0.2, 0) is 16.1 Å². The Bertz CT molecular complexity index is 814. The molecule has 1 aliphatic heterocycles. The number of hydrogen-bond acceptors (Lipinski definition) is 3. The molecule has 1 N–H and O–H groups in total. The number of ether oxygens (including phenoxy) is 1. The molecule has 6 heteroatoms. The van der Waals surface area contributed by atoms with Crippen molar-refractivity contribution >= 4 is 17.9 Å². The zero-order valence-corrected chi connectivity index (χ0v) is 13.7. The average molecular weight is 340 g/mol. The van der Waals surface area contributed by atoms with Crippen molar-refractivity contribution in [3.05, 3.63) is 71.2 Å². The van der Waals surface area contributed by atoms with Crippen LogP contribution in [0.1, 0.15) is 11.1 Å². The normalized spacial score (nSPS) is 16.1. The number of carbonyl (C=O) groups is 2. The number of hydrogen-bond donors (Lipinski definition) is 1. The molecule has 2 aromatic rings. The summed E-state index contributed by atoms with van der Waals surface area (Å²) in [6.07, 6.45) is 1.65. The Labute approximate surface area is 144 Å². The van der Waals surface area contributed by atoms with E-state index in [1.165, 1.54) is 17.0 Å². The molecule has 3 rings (SSSR count). The van der Waals surface area contributed by atoms with E-state index >= 15 is 0 Å². The molecule has 0 unspecified atom stereocenters. The first-order chi connectivity index (χ1) is 12.1. The van der Waals surface area contributed by atoms with E-state index < -0.39 is 0 Å². The van der Waals surface area contributed by atoms with Crippen LogP contribution in [-0.4, -0.2) is 30.4 Å². The summed E-state index contributed by atoms with van der Waals surface area (Å²) >= 11 is 0. The molecule has 0 atom stereocenters. The maximum Gasteiger partial charge on any atom is 0.268 e. The van der Waals surface area contributed by atoms with Crippen LogP contribution in [0.25, 0.3) is 6.08 Å². The zero-order chi connectivity index (χ0) is 17.8. The van der Waals surface area contributed by atoms with Gasteiger partial charge in [-0.25, -0.2) is 4.39 Å². The number of piperazine rings is 1. The molecule has 1 saturated heterocycles. The summed E-state index contributed by atoms with van der Waals surface area (Å²) in [5.74, 6) is -0.184. The maximum absolute atomic E-state index is 13.1. The van der Waals surface area contributed by atoms with Gasteiger partial charge in [-0.2, -0.15) is 0 Å². The van der Waals surface area contributed by atoms with Crippen molar-refractivity contribution in [1.29, 1.82) is 0 Å². The van der Waals surface area contributed by atoms with Gasteiger partial charge in [0.05, 0.1) is 20.2 Å². The number of halogens is 1. The maximum atomic E-state index is 13.1. The molecule has 25 heavy (non-hydrogen) atoms. The van der Waals surface area contributed by atoms with E-state index in [9.17, 15) is 14.0 Å². The summed E-state index contributed by atoms with van der Waals surface area (Å²) < 4.78 is 18.2. The van der Waals surface area contributed by atoms with Gasteiger partial charge in [0.1, 0.15) is 17.3 Å². The van der Waals surface area contributed by atoms with Gasteiger partial charge >= 0.3 is 0 Å². The minimum Gasteiger partial charge on any atom is -0.497 e. The van der Waals surface area contributed by atoms with Crippen LogP contribution in [0, 0.1) is 5.82 Å². The first kappa shape index (κ1) is 16.7. The SMILES string of the molecule is COc1ccc(/C=C2\C(=O)NCC(=O)N2Cc2ccc(F)cc2)cc1. The standard InChI is InChI=1S/C19H17FN2O3/c1-25-16-8-4-13(5-9-16)10-17-19(24)21-11-18(23)22(17)12-14-2-6-15(20)7-3-14/h2-10H,11-12H2,1H3,(H,21,24)/b17-10+. The molecule has 5 nitrogen and oxygen atoms in total. The van der Waals surface area contributed by atoms with Crippen molar-refractivity contribution in [2.45, 2.75) is 6.54 Å². The molecule has 0 saturated carbocycles. The topological polar surface area (TPSA) is 58.6 Å². The summed E-state index contributed by atoms with van der Waals surface area (Å²) in [5.41, 5.74) is 1.76. The Morgan fingerprint density at radius 3 is 2.44 bits per heavy atom. The molecular formula is C19H17FN2O3. The number of rotatable bonds is 4. The van der Waals surface area contributed by atoms with Crippen LogP contribution in [0.3, 0.4) is 0 Å². The van der Waals surface area contributed by atoms with Crippen LogP contribution in [0.15, 0.2) is 54.2 Å². The summed E-state index contributed by atoms with van der Waals surface area (Å²) in [4.78, 5) is 26.0. The molecule has 128 valence electrons. The van der Waals surface area contributed by atoms with Gasteiger partial charge in [0.2, 0.25) is 5.91 Å². The van der Waals surface area contributed by atoms with Gasteiger partial charge in [0.25, 0.3) is 5.91 Å². The Morgan fingerprint density at radius 2 is 1.80 bits per heavy atom. The smallest absolute Gasteiger partial charge is 0.268 e. The molecule has 0 radical (unpaired) electrons. The van der Waals surface area contributed by atoms with Gasteiger partial charge in [0.15, 0.2) is 0 Å². The van der Waals surface area contributed by atoms with E-state index in [0.717, 1.165) is 11.1 Å². The second-order valence-electron chi connectivity index (χ2n) is 5.59. The molecular weight excluding hydrogens is 323 g/mol. The second-order valence-corrected chi connectivity index (χ2v) is 5.59. The molecule has 2 amide bonds. The van der Waals surface area contributed by atoms with Gasteiger partial charge in [-0.15, -0.1) is 0 Å². The molecule has 2 aromatic carbocycles. The summed E-state index contributed by atoms with van der Waals surface area (Å²) in [5, 5.41) is 2.57. The van der Waals surface area contributed by atoms with E-state index in [1.807, 2.05) is 0 Å². The minimum atomic E-state index is -0.347. The van der Waals surface area contributed by atoms with Crippen molar-refractivity contribution in [1.82, 2.24) is 10.2 Å². The third-order valence-electron chi connectivity index (χ3n) is 3.90. The van der Waals surface area contributed by atoms with Crippen LogP contribution >= 0.6 is 0 Å². The summed E-state index contributed by atoms with van der Waals surface area (Å²) in [6, 6.07) is 13.0. The van der Waals surface area contributed by atoms with Crippen LogP contribution < -0.4 is 10.1 Å². The van der Waals surface area contributed by atoms with Gasteiger partial charge in [-0.3, -0.25) is 9.59 Å². The van der Waals surface area contributed by atoms with E-state index in [4.69, 9.17) is 4.74 Å². The highest BCUT2D eigenvalue weighted by Crippen LogP contribution is 2.20. The predicted octanol–water partition coefficient (Wildman–Crippen LogP) is 2.33. The third-order valence-corrected chi connectivity index (χ3v) is 3.90. The van der Waals surface area contributed by atoms with E-state index in [-0.39, 0.29) is 36.4 Å². The average Bonchev–Trinajstić information content (AvgIpc) is 2.63. The Balaban J connectivity index is 1.91. The molecule has 0 bridgehead atoms. The van der Waals surface area contributed by atoms with E-state index in [1.54, 1.807) is 49.6 Å². The predicted molar refractivity (Wildman–Crippen MR) is 90.9 cm³/mol. The highest BCUT2D eigenvalue weighted by molar-refractivity contribution is 6.05. The molecule has 1 heterocycles. The van der Waals surface area contributed by atoms with Crippen molar-refractivity contribution in [2.24, 2.45) is 0 Å². The van der Waals surface area contributed by atoms with Crippen LogP contribution in [0.5, 0.6) is 5.75 Å². The lowest BCUT2D eigenvalue weighted by molar-refractivity contribution is -0.136. The largest absolute Gasteiger partial charge is 0.497 e. The molecule has 1 aliphatic rings. The fourth-order valence-corrected chi connectivity index (χ4v) is 2.55. The first-order valence-corrected chi connectivity index (χ1v) is 7.75. The second kappa shape index (κ2) is 7.17. The number of methoxy groups -OCH3 is 1. The zero-order valence-electron chi connectivity index (χ0n) is 13.7. The summed E-state index contributed by atoms with van der Waals surface area (Å²) in [7, 11) is 1.57. The lowest BCUT2D eigenvalue weighted by atomic mass is 10.1.